The van der Waals surface area contributed by atoms with Crippen molar-refractivity contribution in [1.82, 2.24) is 5.16 Å². The Balaban J connectivity index is 1.95. The Morgan fingerprint density at radius 2 is 2.11 bits per heavy atom. The topological polar surface area (TPSA) is 47.6 Å². The van der Waals surface area contributed by atoms with Crippen molar-refractivity contribution in [3.63, 3.8) is 0 Å². The fraction of sp³-hybridized carbons (Fsp3) is 0.231. The maximum Gasteiger partial charge on any atom is 0.142 e. The predicted octanol–water partition coefficient (Wildman–Crippen LogP) is 3.06. The van der Waals surface area contributed by atoms with Crippen molar-refractivity contribution >= 4 is 5.71 Å². The number of hydrogen-bond donors (Lipinski definition) is 0. The third-order valence-electron chi connectivity index (χ3n) is 2.49. The Morgan fingerprint density at radius 1 is 1.39 bits per heavy atom. The first-order valence-electron chi connectivity index (χ1n) is 5.49. The van der Waals surface area contributed by atoms with E-state index < -0.39 is 0 Å². The Kier molecular flexibility index (Phi) is 3.72. The SMILES string of the molecule is CC(=NOCc1ccc(F)cc1)c1cnoc1C. The van der Waals surface area contributed by atoms with E-state index in [0.29, 0.717) is 18.1 Å². The number of benzene rings is 1. The number of rotatable bonds is 4. The average Bonchev–Trinajstić information content (AvgIpc) is 2.78. The van der Waals surface area contributed by atoms with E-state index in [2.05, 4.69) is 10.3 Å². The van der Waals surface area contributed by atoms with Gasteiger partial charge >= 0.3 is 0 Å². The Hall–Kier alpha value is -2.17. The van der Waals surface area contributed by atoms with Crippen LogP contribution in [-0.4, -0.2) is 10.9 Å². The molecule has 1 heterocycles. The monoisotopic (exact) mass is 248 g/mol. The molecule has 1 aromatic heterocycles. The molecule has 0 radical (unpaired) electrons. The zero-order valence-corrected chi connectivity index (χ0v) is 10.2. The van der Waals surface area contributed by atoms with Crippen molar-refractivity contribution in [2.75, 3.05) is 0 Å². The zero-order valence-electron chi connectivity index (χ0n) is 10.2. The molecule has 0 fully saturated rings. The second-order valence-corrected chi connectivity index (χ2v) is 3.87. The van der Waals surface area contributed by atoms with Crippen molar-refractivity contribution < 1.29 is 13.8 Å². The number of aromatic nitrogens is 1. The van der Waals surface area contributed by atoms with Gasteiger partial charge in [-0.3, -0.25) is 0 Å². The summed E-state index contributed by atoms with van der Waals surface area (Å²) >= 11 is 0. The third kappa shape index (κ3) is 2.94. The molecule has 1 aromatic carbocycles. The van der Waals surface area contributed by atoms with Crippen LogP contribution in [-0.2, 0) is 11.4 Å². The van der Waals surface area contributed by atoms with Gasteiger partial charge in [0.1, 0.15) is 18.2 Å². The normalized spacial score (nSPS) is 11.6. The van der Waals surface area contributed by atoms with Crippen molar-refractivity contribution in [3.05, 3.63) is 53.2 Å². The number of nitrogens with zero attached hydrogens (tertiary/aromatic N) is 2. The van der Waals surface area contributed by atoms with Crippen LogP contribution >= 0.6 is 0 Å². The predicted molar refractivity (Wildman–Crippen MR) is 64.6 cm³/mol. The van der Waals surface area contributed by atoms with Gasteiger partial charge in [0.15, 0.2) is 0 Å². The van der Waals surface area contributed by atoms with E-state index >= 15 is 0 Å². The highest BCUT2D eigenvalue weighted by atomic mass is 19.1. The van der Waals surface area contributed by atoms with Gasteiger partial charge in [0.25, 0.3) is 0 Å². The molecule has 0 atom stereocenters. The summed E-state index contributed by atoms with van der Waals surface area (Å²) in [6.45, 7) is 3.91. The van der Waals surface area contributed by atoms with E-state index in [1.54, 1.807) is 25.3 Å². The molecule has 4 nitrogen and oxygen atoms in total. The summed E-state index contributed by atoms with van der Waals surface area (Å²) in [4.78, 5) is 5.20. The highest BCUT2D eigenvalue weighted by molar-refractivity contribution is 5.98. The zero-order chi connectivity index (χ0) is 13.0. The van der Waals surface area contributed by atoms with E-state index in [4.69, 9.17) is 9.36 Å². The van der Waals surface area contributed by atoms with E-state index in [9.17, 15) is 4.39 Å². The van der Waals surface area contributed by atoms with Crippen molar-refractivity contribution in [2.24, 2.45) is 5.16 Å². The molecule has 0 bridgehead atoms. The van der Waals surface area contributed by atoms with Crippen LogP contribution in [0.2, 0.25) is 0 Å². The number of halogens is 1. The standard InChI is InChI=1S/C13H13FN2O2/c1-9(13-7-15-18-10(13)2)16-17-8-11-3-5-12(14)6-4-11/h3-7H,8H2,1-2H3. The quantitative estimate of drug-likeness (QED) is 0.617. The summed E-state index contributed by atoms with van der Waals surface area (Å²) in [5.41, 5.74) is 2.36. The summed E-state index contributed by atoms with van der Waals surface area (Å²) in [5, 5.41) is 7.63. The van der Waals surface area contributed by atoms with E-state index in [0.717, 1.165) is 11.1 Å². The fourth-order valence-corrected chi connectivity index (χ4v) is 1.48. The Morgan fingerprint density at radius 3 is 2.72 bits per heavy atom. The molecule has 0 spiro atoms. The number of hydrogen-bond acceptors (Lipinski definition) is 4. The summed E-state index contributed by atoms with van der Waals surface area (Å²) in [6.07, 6.45) is 1.59. The van der Waals surface area contributed by atoms with E-state index in [1.807, 2.05) is 6.92 Å². The second-order valence-electron chi connectivity index (χ2n) is 3.87. The van der Waals surface area contributed by atoms with Gasteiger partial charge in [-0.2, -0.15) is 0 Å². The first-order valence-corrected chi connectivity index (χ1v) is 5.49. The lowest BCUT2D eigenvalue weighted by atomic mass is 10.2. The molecule has 0 aliphatic heterocycles. The third-order valence-corrected chi connectivity index (χ3v) is 2.49. The molecule has 0 aliphatic rings. The van der Waals surface area contributed by atoms with Crippen molar-refractivity contribution in [1.29, 1.82) is 0 Å². The molecule has 5 heteroatoms. The fourth-order valence-electron chi connectivity index (χ4n) is 1.48. The van der Waals surface area contributed by atoms with Gasteiger partial charge in [0.05, 0.1) is 17.5 Å². The van der Waals surface area contributed by atoms with Crippen LogP contribution in [0.15, 0.2) is 40.1 Å². The Labute approximate surface area is 104 Å². The van der Waals surface area contributed by atoms with Gasteiger partial charge in [0, 0.05) is 0 Å². The maximum atomic E-state index is 12.7. The molecule has 94 valence electrons. The van der Waals surface area contributed by atoms with Gasteiger partial charge in [-0.1, -0.05) is 22.4 Å². The Bertz CT molecular complexity index is 546. The van der Waals surface area contributed by atoms with Crippen LogP contribution in [0.25, 0.3) is 0 Å². The molecule has 0 amide bonds. The van der Waals surface area contributed by atoms with Gasteiger partial charge in [-0.05, 0) is 31.5 Å². The molecular formula is C13H13FN2O2. The first kappa shape index (κ1) is 12.3. The van der Waals surface area contributed by atoms with Gasteiger partial charge in [-0.15, -0.1) is 0 Å². The van der Waals surface area contributed by atoms with Crippen LogP contribution in [0.1, 0.15) is 23.8 Å². The summed E-state index contributed by atoms with van der Waals surface area (Å²) in [6, 6.07) is 6.09. The van der Waals surface area contributed by atoms with Gasteiger partial charge < -0.3 is 9.36 Å². The minimum Gasteiger partial charge on any atom is -0.391 e. The number of aryl methyl sites for hydroxylation is 1. The van der Waals surface area contributed by atoms with E-state index in [-0.39, 0.29) is 5.82 Å². The van der Waals surface area contributed by atoms with Crippen LogP contribution in [0.4, 0.5) is 4.39 Å². The second kappa shape index (κ2) is 5.44. The highest BCUT2D eigenvalue weighted by Crippen LogP contribution is 2.09. The smallest absolute Gasteiger partial charge is 0.142 e. The molecule has 0 aliphatic carbocycles. The molecule has 0 unspecified atom stereocenters. The average molecular weight is 248 g/mol. The molecule has 0 saturated heterocycles. The van der Waals surface area contributed by atoms with E-state index in [1.165, 1.54) is 12.1 Å². The van der Waals surface area contributed by atoms with Crippen LogP contribution in [0.3, 0.4) is 0 Å². The van der Waals surface area contributed by atoms with Crippen molar-refractivity contribution in [2.45, 2.75) is 20.5 Å². The van der Waals surface area contributed by atoms with Crippen LogP contribution in [0, 0.1) is 12.7 Å². The van der Waals surface area contributed by atoms with Gasteiger partial charge in [-0.25, -0.2) is 4.39 Å². The lowest BCUT2D eigenvalue weighted by Crippen LogP contribution is -1.97. The molecule has 2 rings (SSSR count). The minimum atomic E-state index is -0.265. The van der Waals surface area contributed by atoms with Crippen LogP contribution in [0.5, 0.6) is 0 Å². The largest absolute Gasteiger partial charge is 0.391 e. The molecule has 0 saturated carbocycles. The lowest BCUT2D eigenvalue weighted by molar-refractivity contribution is 0.130. The molecular weight excluding hydrogens is 235 g/mol. The number of oxime groups is 1. The molecule has 2 aromatic rings. The van der Waals surface area contributed by atoms with Crippen molar-refractivity contribution in [3.8, 4) is 0 Å². The summed E-state index contributed by atoms with van der Waals surface area (Å²) in [7, 11) is 0. The minimum absolute atomic E-state index is 0.265. The van der Waals surface area contributed by atoms with Crippen LogP contribution < -0.4 is 0 Å². The molecule has 18 heavy (non-hydrogen) atoms. The lowest BCUT2D eigenvalue weighted by Gasteiger charge is -2.01. The summed E-state index contributed by atoms with van der Waals surface area (Å²) < 4.78 is 17.6. The first-order chi connectivity index (χ1) is 8.66. The maximum absolute atomic E-state index is 12.7. The highest BCUT2D eigenvalue weighted by Gasteiger charge is 2.06. The summed E-state index contributed by atoms with van der Waals surface area (Å²) in [5.74, 6) is 0.431. The molecule has 0 N–H and O–H groups in total. The van der Waals surface area contributed by atoms with Gasteiger partial charge in [0.2, 0.25) is 0 Å².